The molecule has 1 aliphatic rings. The number of fused-ring (bicyclic) bond motifs is 1. The number of piperidine rings is 1. The third-order valence-corrected chi connectivity index (χ3v) is 6.37. The van der Waals surface area contributed by atoms with Crippen LogP contribution in [0, 0.1) is 9.49 Å². The van der Waals surface area contributed by atoms with Crippen molar-refractivity contribution >= 4 is 39.4 Å². The van der Waals surface area contributed by atoms with E-state index in [4.69, 9.17) is 0 Å². The Kier molecular flexibility index (Phi) is 5.73. The summed E-state index contributed by atoms with van der Waals surface area (Å²) < 4.78 is 1.17. The first-order chi connectivity index (χ1) is 11.9. The molecule has 25 heavy (non-hydrogen) atoms. The van der Waals surface area contributed by atoms with E-state index in [9.17, 15) is 9.90 Å². The largest absolute Gasteiger partial charge is 0.390 e. The van der Waals surface area contributed by atoms with E-state index in [2.05, 4.69) is 47.5 Å². The summed E-state index contributed by atoms with van der Waals surface area (Å²) >= 11 is 2.29. The van der Waals surface area contributed by atoms with Gasteiger partial charge in [-0.3, -0.25) is 4.79 Å². The molecule has 2 heterocycles. The standard InChI is InChI=1S/C20H27IN2O2/c1-3-20(25,4-2)13-14-7-9-23(10-8-14)19(24)18-12-15-11-16(21)5-6-17(15)22-18/h5-6,11-12,14,22,25H,3-4,7-10,13H2,1-2H3. The van der Waals surface area contributed by atoms with E-state index in [0.29, 0.717) is 11.6 Å². The number of H-pyrrole nitrogens is 1. The third-order valence-electron chi connectivity index (χ3n) is 5.70. The summed E-state index contributed by atoms with van der Waals surface area (Å²) in [5, 5.41) is 11.6. The Morgan fingerprint density at radius 3 is 2.60 bits per heavy atom. The van der Waals surface area contributed by atoms with Gasteiger partial charge in [0.1, 0.15) is 5.69 Å². The monoisotopic (exact) mass is 454 g/mol. The number of hydrogen-bond donors (Lipinski definition) is 2. The second-order valence-electron chi connectivity index (χ2n) is 7.29. The number of hydrogen-bond acceptors (Lipinski definition) is 2. The zero-order chi connectivity index (χ0) is 18.0. The number of aromatic amines is 1. The van der Waals surface area contributed by atoms with Gasteiger partial charge in [0.2, 0.25) is 0 Å². The van der Waals surface area contributed by atoms with Gasteiger partial charge in [0.15, 0.2) is 0 Å². The number of carbonyl (C=O) groups is 1. The molecule has 0 radical (unpaired) electrons. The van der Waals surface area contributed by atoms with Crippen molar-refractivity contribution in [1.82, 2.24) is 9.88 Å². The molecule has 4 nitrogen and oxygen atoms in total. The Balaban J connectivity index is 1.63. The van der Waals surface area contributed by atoms with Gasteiger partial charge in [-0.1, -0.05) is 13.8 Å². The van der Waals surface area contributed by atoms with Gasteiger partial charge in [0.05, 0.1) is 5.60 Å². The van der Waals surface area contributed by atoms with Crippen molar-refractivity contribution in [3.8, 4) is 0 Å². The minimum atomic E-state index is -0.537. The number of benzene rings is 1. The Hall–Kier alpha value is -1.08. The predicted octanol–water partition coefficient (Wildman–Crippen LogP) is 4.57. The average molecular weight is 454 g/mol. The molecular formula is C20H27IN2O2. The highest BCUT2D eigenvalue weighted by Gasteiger charge is 2.31. The number of likely N-dealkylation sites (tertiary alicyclic amines) is 1. The van der Waals surface area contributed by atoms with E-state index in [0.717, 1.165) is 56.1 Å². The zero-order valence-electron chi connectivity index (χ0n) is 15.0. The highest BCUT2D eigenvalue weighted by Crippen LogP contribution is 2.31. The number of amides is 1. The Morgan fingerprint density at radius 2 is 1.96 bits per heavy atom. The summed E-state index contributed by atoms with van der Waals surface area (Å²) in [6.45, 7) is 5.66. The highest BCUT2D eigenvalue weighted by atomic mass is 127. The first-order valence-corrected chi connectivity index (χ1v) is 10.3. The van der Waals surface area contributed by atoms with Crippen molar-refractivity contribution in [2.45, 2.75) is 51.6 Å². The number of nitrogens with one attached hydrogen (secondary N) is 1. The SMILES string of the molecule is CCC(O)(CC)CC1CCN(C(=O)c2cc3cc(I)ccc3[nH]2)CC1. The van der Waals surface area contributed by atoms with Gasteiger partial charge in [-0.05, 0) is 84.9 Å². The number of aromatic nitrogens is 1. The van der Waals surface area contributed by atoms with Crippen LogP contribution in [-0.4, -0.2) is 39.6 Å². The zero-order valence-corrected chi connectivity index (χ0v) is 17.2. The molecule has 1 fully saturated rings. The molecule has 0 unspecified atom stereocenters. The van der Waals surface area contributed by atoms with E-state index in [1.165, 1.54) is 3.57 Å². The van der Waals surface area contributed by atoms with Gasteiger partial charge in [0, 0.05) is 27.6 Å². The fourth-order valence-electron chi connectivity index (χ4n) is 3.81. The second-order valence-corrected chi connectivity index (χ2v) is 8.53. The molecule has 1 saturated heterocycles. The molecule has 0 saturated carbocycles. The summed E-state index contributed by atoms with van der Waals surface area (Å²) in [5.74, 6) is 0.601. The van der Waals surface area contributed by atoms with E-state index in [-0.39, 0.29) is 5.91 Å². The quantitative estimate of drug-likeness (QED) is 0.651. The maximum absolute atomic E-state index is 12.8. The molecule has 136 valence electrons. The molecular weight excluding hydrogens is 427 g/mol. The highest BCUT2D eigenvalue weighted by molar-refractivity contribution is 14.1. The predicted molar refractivity (Wildman–Crippen MR) is 110 cm³/mol. The van der Waals surface area contributed by atoms with Gasteiger partial charge in [0.25, 0.3) is 5.91 Å². The van der Waals surface area contributed by atoms with E-state index >= 15 is 0 Å². The molecule has 0 bridgehead atoms. The lowest BCUT2D eigenvalue weighted by atomic mass is 9.82. The maximum atomic E-state index is 12.8. The van der Waals surface area contributed by atoms with Crippen LogP contribution in [0.15, 0.2) is 24.3 Å². The molecule has 3 rings (SSSR count). The number of halogens is 1. The Bertz CT molecular complexity index is 743. The van der Waals surface area contributed by atoms with Gasteiger partial charge in [-0.25, -0.2) is 0 Å². The van der Waals surface area contributed by atoms with E-state index < -0.39 is 5.60 Å². The molecule has 1 aromatic carbocycles. The fourth-order valence-corrected chi connectivity index (χ4v) is 4.32. The summed E-state index contributed by atoms with van der Waals surface area (Å²) in [7, 11) is 0. The van der Waals surface area contributed by atoms with Crippen molar-refractivity contribution in [1.29, 1.82) is 0 Å². The first kappa shape index (κ1) is 18.7. The van der Waals surface area contributed by atoms with E-state index in [1.54, 1.807) is 0 Å². The number of rotatable bonds is 5. The van der Waals surface area contributed by atoms with Crippen molar-refractivity contribution in [2.24, 2.45) is 5.92 Å². The number of aliphatic hydroxyl groups is 1. The summed E-state index contributed by atoms with van der Waals surface area (Å²) in [4.78, 5) is 18.0. The van der Waals surface area contributed by atoms with Crippen LogP contribution < -0.4 is 0 Å². The lowest BCUT2D eigenvalue weighted by Gasteiger charge is -2.36. The summed E-state index contributed by atoms with van der Waals surface area (Å²) in [6.07, 6.45) is 4.41. The van der Waals surface area contributed by atoms with Crippen LogP contribution in [0.25, 0.3) is 10.9 Å². The molecule has 1 aromatic heterocycles. The smallest absolute Gasteiger partial charge is 0.270 e. The lowest BCUT2D eigenvalue weighted by molar-refractivity contribution is -0.00131. The average Bonchev–Trinajstić information content (AvgIpc) is 3.04. The van der Waals surface area contributed by atoms with Crippen LogP contribution in [0.1, 0.15) is 56.4 Å². The van der Waals surface area contributed by atoms with Crippen molar-refractivity contribution in [2.75, 3.05) is 13.1 Å². The van der Waals surface area contributed by atoms with Crippen LogP contribution in [0.5, 0.6) is 0 Å². The van der Waals surface area contributed by atoms with Gasteiger partial charge < -0.3 is 15.0 Å². The van der Waals surface area contributed by atoms with Gasteiger partial charge in [-0.2, -0.15) is 0 Å². The summed E-state index contributed by atoms with van der Waals surface area (Å²) in [6, 6.07) is 8.11. The van der Waals surface area contributed by atoms with Crippen LogP contribution in [0.4, 0.5) is 0 Å². The number of nitrogens with zero attached hydrogens (tertiary/aromatic N) is 1. The van der Waals surface area contributed by atoms with Crippen LogP contribution in [0.3, 0.4) is 0 Å². The number of carbonyl (C=O) groups excluding carboxylic acids is 1. The minimum absolute atomic E-state index is 0.0888. The molecule has 2 N–H and O–H groups in total. The molecule has 1 aliphatic heterocycles. The van der Waals surface area contributed by atoms with Crippen LogP contribution in [0.2, 0.25) is 0 Å². The third kappa shape index (κ3) is 4.19. The fraction of sp³-hybridized carbons (Fsp3) is 0.550. The second kappa shape index (κ2) is 7.66. The van der Waals surface area contributed by atoms with Crippen LogP contribution in [-0.2, 0) is 0 Å². The summed E-state index contributed by atoms with van der Waals surface area (Å²) in [5.41, 5.74) is 1.15. The van der Waals surface area contributed by atoms with E-state index in [1.807, 2.05) is 23.1 Å². The lowest BCUT2D eigenvalue weighted by Crippen LogP contribution is -2.41. The first-order valence-electron chi connectivity index (χ1n) is 9.24. The topological polar surface area (TPSA) is 56.3 Å². The van der Waals surface area contributed by atoms with Crippen LogP contribution >= 0.6 is 22.6 Å². The molecule has 0 aliphatic carbocycles. The van der Waals surface area contributed by atoms with Crippen molar-refractivity contribution in [3.63, 3.8) is 0 Å². The minimum Gasteiger partial charge on any atom is -0.390 e. The molecule has 5 heteroatoms. The molecule has 0 atom stereocenters. The Morgan fingerprint density at radius 1 is 1.28 bits per heavy atom. The van der Waals surface area contributed by atoms with Gasteiger partial charge in [-0.15, -0.1) is 0 Å². The Labute approximate surface area is 163 Å². The molecule has 0 spiro atoms. The maximum Gasteiger partial charge on any atom is 0.270 e. The normalized spacial score (nSPS) is 16.6. The van der Waals surface area contributed by atoms with Gasteiger partial charge >= 0.3 is 0 Å². The van der Waals surface area contributed by atoms with Crippen molar-refractivity contribution < 1.29 is 9.90 Å². The van der Waals surface area contributed by atoms with Crippen molar-refractivity contribution in [3.05, 3.63) is 33.5 Å². The molecule has 1 amide bonds. The molecule has 2 aromatic rings.